The van der Waals surface area contributed by atoms with Gasteiger partial charge in [-0.2, -0.15) is 17.5 Å². The molecule has 2 fully saturated rings. The van der Waals surface area contributed by atoms with Crippen LogP contribution in [-0.4, -0.2) is 40.0 Å². The third-order valence-electron chi connectivity index (χ3n) is 6.62. The third kappa shape index (κ3) is 3.95. The summed E-state index contributed by atoms with van der Waals surface area (Å²) in [7, 11) is -8.01. The molecule has 1 saturated carbocycles. The SMILES string of the molecule is CS(=O)(=O)N1C[C@H]2C[C@@](c3cc(F)ccc3F)(S(=O)(=O)c3ccc(C(F)(F)F)cc3)CC[C@H]21. The highest BCUT2D eigenvalue weighted by molar-refractivity contribution is 7.92. The zero-order valence-electron chi connectivity index (χ0n) is 17.3. The van der Waals surface area contributed by atoms with Crippen molar-refractivity contribution in [2.75, 3.05) is 12.8 Å². The second-order valence-electron chi connectivity index (χ2n) is 8.55. The Morgan fingerprint density at radius 2 is 1.64 bits per heavy atom. The summed E-state index contributed by atoms with van der Waals surface area (Å²) >= 11 is 0. The van der Waals surface area contributed by atoms with Crippen molar-refractivity contribution in [1.82, 2.24) is 4.31 Å². The molecule has 0 aromatic heterocycles. The molecule has 0 amide bonds. The second kappa shape index (κ2) is 7.74. The molecule has 0 spiro atoms. The molecule has 1 heterocycles. The van der Waals surface area contributed by atoms with Crippen LogP contribution in [-0.2, 0) is 30.8 Å². The van der Waals surface area contributed by atoms with Crippen molar-refractivity contribution < 1.29 is 38.8 Å². The van der Waals surface area contributed by atoms with Gasteiger partial charge < -0.3 is 0 Å². The van der Waals surface area contributed by atoms with Crippen molar-refractivity contribution in [3.05, 3.63) is 65.2 Å². The predicted molar refractivity (Wildman–Crippen MR) is 109 cm³/mol. The number of hydrogen-bond acceptors (Lipinski definition) is 4. The minimum atomic E-state index is -4.67. The van der Waals surface area contributed by atoms with E-state index in [0.717, 1.165) is 36.6 Å². The van der Waals surface area contributed by atoms with E-state index in [4.69, 9.17) is 0 Å². The highest BCUT2D eigenvalue weighted by atomic mass is 32.2. The van der Waals surface area contributed by atoms with E-state index in [2.05, 4.69) is 0 Å². The van der Waals surface area contributed by atoms with Crippen molar-refractivity contribution >= 4 is 19.9 Å². The largest absolute Gasteiger partial charge is 0.416 e. The summed E-state index contributed by atoms with van der Waals surface area (Å²) in [6.45, 7) is 0.0325. The van der Waals surface area contributed by atoms with Crippen molar-refractivity contribution in [2.45, 2.75) is 41.1 Å². The van der Waals surface area contributed by atoms with Crippen LogP contribution in [0.25, 0.3) is 0 Å². The number of hydrogen-bond donors (Lipinski definition) is 0. The van der Waals surface area contributed by atoms with Gasteiger partial charge >= 0.3 is 6.18 Å². The van der Waals surface area contributed by atoms with Crippen molar-refractivity contribution in [3.63, 3.8) is 0 Å². The maximum Gasteiger partial charge on any atom is 0.416 e. The number of halogens is 5. The molecule has 2 aromatic carbocycles. The molecule has 180 valence electrons. The van der Waals surface area contributed by atoms with Gasteiger partial charge in [-0.1, -0.05) is 0 Å². The molecule has 1 aliphatic carbocycles. The van der Waals surface area contributed by atoms with Crippen LogP contribution in [0.4, 0.5) is 22.0 Å². The van der Waals surface area contributed by atoms with Crippen molar-refractivity contribution in [1.29, 1.82) is 0 Å². The highest BCUT2D eigenvalue weighted by Gasteiger charge is 2.58. The average molecular weight is 510 g/mol. The molecule has 0 radical (unpaired) electrons. The van der Waals surface area contributed by atoms with Gasteiger partial charge in [-0.15, -0.1) is 0 Å². The van der Waals surface area contributed by atoms with Crippen LogP contribution in [0.5, 0.6) is 0 Å². The number of benzene rings is 2. The number of sulfonamides is 1. The Labute approximate surface area is 188 Å². The maximum atomic E-state index is 14.9. The van der Waals surface area contributed by atoms with Gasteiger partial charge in [0.25, 0.3) is 0 Å². The summed E-state index contributed by atoms with van der Waals surface area (Å²) in [5, 5.41) is 0. The lowest BCUT2D eigenvalue weighted by atomic mass is 9.70. The van der Waals surface area contributed by atoms with Gasteiger partial charge in [-0.3, -0.25) is 0 Å². The molecule has 3 atom stereocenters. The van der Waals surface area contributed by atoms with E-state index < -0.39 is 70.4 Å². The van der Waals surface area contributed by atoms with E-state index >= 15 is 0 Å². The van der Waals surface area contributed by atoms with E-state index in [1.165, 1.54) is 4.31 Å². The zero-order chi connectivity index (χ0) is 24.4. The molecule has 4 rings (SSSR count). The first-order valence-corrected chi connectivity index (χ1v) is 13.3. The van der Waals surface area contributed by atoms with E-state index in [1.54, 1.807) is 0 Å². The normalized spacial score (nSPS) is 26.5. The van der Waals surface area contributed by atoms with Gasteiger partial charge in [0.05, 0.1) is 16.7 Å². The molecule has 1 saturated heterocycles. The average Bonchev–Trinajstić information content (AvgIpc) is 2.69. The Morgan fingerprint density at radius 3 is 2.18 bits per heavy atom. The predicted octanol–water partition coefficient (Wildman–Crippen LogP) is 4.10. The highest BCUT2D eigenvalue weighted by Crippen LogP contribution is 2.53. The Kier molecular flexibility index (Phi) is 5.65. The summed E-state index contributed by atoms with van der Waals surface area (Å²) in [5.74, 6) is -2.24. The van der Waals surface area contributed by atoms with Gasteiger partial charge in [0.1, 0.15) is 16.4 Å². The monoisotopic (exact) mass is 509 g/mol. The lowest BCUT2D eigenvalue weighted by Crippen LogP contribution is -2.63. The third-order valence-corrected chi connectivity index (χ3v) is 10.4. The van der Waals surface area contributed by atoms with Crippen LogP contribution >= 0.6 is 0 Å². The van der Waals surface area contributed by atoms with E-state index in [1.807, 2.05) is 0 Å². The van der Waals surface area contributed by atoms with Gasteiger partial charge in [-0.25, -0.2) is 25.6 Å². The number of sulfone groups is 1. The molecule has 5 nitrogen and oxygen atoms in total. The Balaban J connectivity index is 1.82. The Bertz CT molecular complexity index is 1290. The van der Waals surface area contributed by atoms with Gasteiger partial charge in [-0.05, 0) is 67.6 Å². The van der Waals surface area contributed by atoms with Crippen LogP contribution < -0.4 is 0 Å². The molecule has 33 heavy (non-hydrogen) atoms. The van der Waals surface area contributed by atoms with Gasteiger partial charge in [0.2, 0.25) is 10.0 Å². The van der Waals surface area contributed by atoms with Gasteiger partial charge in [0, 0.05) is 18.2 Å². The molecule has 2 aromatic rings. The molecule has 1 aliphatic heterocycles. The minimum absolute atomic E-state index is 0.0325. The van der Waals surface area contributed by atoms with E-state index in [-0.39, 0.29) is 25.8 Å². The number of nitrogens with zero attached hydrogens (tertiary/aromatic N) is 1. The topological polar surface area (TPSA) is 71.5 Å². The molecule has 2 aliphatic rings. The fraction of sp³-hybridized carbons (Fsp3) is 0.429. The minimum Gasteiger partial charge on any atom is -0.223 e. The van der Waals surface area contributed by atoms with Crippen LogP contribution in [0.15, 0.2) is 47.4 Å². The number of alkyl halides is 3. The molecule has 12 heteroatoms. The molecule has 0 unspecified atom stereocenters. The summed E-state index contributed by atoms with van der Waals surface area (Å²) in [6, 6.07) is 4.87. The Hall–Kier alpha value is -2.05. The van der Waals surface area contributed by atoms with Crippen LogP contribution in [0.3, 0.4) is 0 Å². The standard InChI is InChI=1S/C21H20F5NO4S2/c1-32(28,29)27-12-13-11-20(9-8-19(13)27,17-10-15(22)4-7-18(17)23)33(30,31)16-5-2-14(3-6-16)21(24,25)26/h2-7,10,13,19H,8-9,11-12H2,1H3/t13-,19-,20+/m1/s1. The fourth-order valence-corrected chi connectivity index (χ4v) is 8.43. The zero-order valence-corrected chi connectivity index (χ0v) is 18.9. The molecule has 0 bridgehead atoms. The smallest absolute Gasteiger partial charge is 0.223 e. The van der Waals surface area contributed by atoms with Crippen molar-refractivity contribution in [2.24, 2.45) is 5.92 Å². The summed E-state index contributed by atoms with van der Waals surface area (Å²) < 4.78 is 119. The molecular weight excluding hydrogens is 489 g/mol. The fourth-order valence-electron chi connectivity index (χ4n) is 4.98. The maximum absolute atomic E-state index is 14.9. The molecular formula is C21H20F5NO4S2. The van der Waals surface area contributed by atoms with Crippen LogP contribution in [0.2, 0.25) is 0 Å². The molecule has 0 N–H and O–H groups in total. The van der Waals surface area contributed by atoms with Crippen LogP contribution in [0.1, 0.15) is 30.4 Å². The lowest BCUT2D eigenvalue weighted by molar-refractivity contribution is -0.137. The first-order chi connectivity index (χ1) is 15.2. The first-order valence-electron chi connectivity index (χ1n) is 10.0. The summed E-state index contributed by atoms with van der Waals surface area (Å²) in [4.78, 5) is -0.447. The van der Waals surface area contributed by atoms with E-state index in [0.29, 0.717) is 12.1 Å². The van der Waals surface area contributed by atoms with Crippen LogP contribution in [0, 0.1) is 17.6 Å². The summed E-state index contributed by atoms with van der Waals surface area (Å²) in [5.41, 5.74) is -1.45. The summed E-state index contributed by atoms with van der Waals surface area (Å²) in [6.07, 6.45) is -3.96. The first kappa shape index (κ1) is 24.1. The quantitative estimate of drug-likeness (QED) is 0.582. The lowest BCUT2D eigenvalue weighted by Gasteiger charge is -2.54. The number of rotatable bonds is 4. The number of fused-ring (bicyclic) bond motifs is 1. The van der Waals surface area contributed by atoms with Crippen molar-refractivity contribution in [3.8, 4) is 0 Å². The second-order valence-corrected chi connectivity index (χ2v) is 12.7. The Morgan fingerprint density at radius 1 is 1.00 bits per heavy atom. The van der Waals surface area contributed by atoms with E-state index in [9.17, 15) is 38.8 Å². The van der Waals surface area contributed by atoms with Gasteiger partial charge in [0.15, 0.2) is 9.84 Å².